The fourth-order valence-electron chi connectivity index (χ4n) is 2.84. The minimum Gasteiger partial charge on any atom is -0.505 e. The SMILES string of the molecule is CCN(CC)S(=O)(=O)c1cc(C(=O)Nc2cccc(C(=O)OC)c2O)ccc1OC. The van der Waals surface area contributed by atoms with Crippen LogP contribution in [0.15, 0.2) is 41.3 Å². The summed E-state index contributed by atoms with van der Waals surface area (Å²) in [6.45, 7) is 3.93. The van der Waals surface area contributed by atoms with Crippen LogP contribution < -0.4 is 10.1 Å². The van der Waals surface area contributed by atoms with Crippen molar-refractivity contribution in [1.29, 1.82) is 0 Å². The molecule has 0 aliphatic rings. The first kappa shape index (κ1) is 23.2. The highest BCUT2D eigenvalue weighted by atomic mass is 32.2. The van der Waals surface area contributed by atoms with Crippen LogP contribution >= 0.6 is 0 Å². The first-order chi connectivity index (χ1) is 14.2. The number of para-hydroxylation sites is 1. The van der Waals surface area contributed by atoms with Crippen molar-refractivity contribution in [2.24, 2.45) is 0 Å². The van der Waals surface area contributed by atoms with Crippen molar-refractivity contribution in [3.8, 4) is 11.5 Å². The van der Waals surface area contributed by atoms with Crippen LogP contribution in [-0.2, 0) is 14.8 Å². The van der Waals surface area contributed by atoms with Gasteiger partial charge in [-0.2, -0.15) is 4.31 Å². The van der Waals surface area contributed by atoms with Crippen molar-refractivity contribution in [2.45, 2.75) is 18.7 Å². The van der Waals surface area contributed by atoms with Gasteiger partial charge in [0.15, 0.2) is 5.75 Å². The first-order valence-corrected chi connectivity index (χ1v) is 10.5. The number of nitrogens with one attached hydrogen (secondary N) is 1. The van der Waals surface area contributed by atoms with Gasteiger partial charge in [-0.05, 0) is 30.3 Å². The van der Waals surface area contributed by atoms with E-state index in [9.17, 15) is 23.1 Å². The molecule has 0 aromatic heterocycles. The van der Waals surface area contributed by atoms with E-state index in [1.54, 1.807) is 13.8 Å². The Morgan fingerprint density at radius 2 is 1.77 bits per heavy atom. The number of nitrogens with zero attached hydrogens (tertiary/aromatic N) is 1. The first-order valence-electron chi connectivity index (χ1n) is 9.11. The molecule has 0 aliphatic carbocycles. The number of aromatic hydroxyl groups is 1. The minimum atomic E-state index is -3.88. The Labute approximate surface area is 175 Å². The summed E-state index contributed by atoms with van der Waals surface area (Å²) in [5, 5.41) is 12.7. The molecule has 30 heavy (non-hydrogen) atoms. The van der Waals surface area contributed by atoms with E-state index in [-0.39, 0.29) is 40.5 Å². The summed E-state index contributed by atoms with van der Waals surface area (Å²) in [7, 11) is -1.38. The third-order valence-corrected chi connectivity index (χ3v) is 6.51. The topological polar surface area (TPSA) is 122 Å². The second-order valence-corrected chi connectivity index (χ2v) is 8.01. The fraction of sp³-hybridized carbons (Fsp3) is 0.300. The molecule has 2 rings (SSSR count). The Hall–Kier alpha value is -3.11. The smallest absolute Gasteiger partial charge is 0.341 e. The number of hydrogen-bond acceptors (Lipinski definition) is 7. The third-order valence-electron chi connectivity index (χ3n) is 4.44. The second-order valence-electron chi connectivity index (χ2n) is 6.10. The van der Waals surface area contributed by atoms with Crippen LogP contribution in [0.5, 0.6) is 11.5 Å². The average Bonchev–Trinajstić information content (AvgIpc) is 2.74. The van der Waals surface area contributed by atoms with Crippen LogP contribution in [0.1, 0.15) is 34.6 Å². The monoisotopic (exact) mass is 436 g/mol. The predicted molar refractivity (Wildman–Crippen MR) is 111 cm³/mol. The van der Waals surface area contributed by atoms with Crippen molar-refractivity contribution in [3.63, 3.8) is 0 Å². The number of anilines is 1. The molecule has 1 amide bonds. The number of benzene rings is 2. The number of ether oxygens (including phenoxy) is 2. The molecule has 0 atom stereocenters. The lowest BCUT2D eigenvalue weighted by Gasteiger charge is -2.20. The molecule has 2 N–H and O–H groups in total. The van der Waals surface area contributed by atoms with Crippen LogP contribution in [0.2, 0.25) is 0 Å². The van der Waals surface area contributed by atoms with E-state index in [0.717, 1.165) is 0 Å². The van der Waals surface area contributed by atoms with Crippen LogP contribution in [0, 0.1) is 0 Å². The Bertz CT molecular complexity index is 1050. The lowest BCUT2D eigenvalue weighted by atomic mass is 10.1. The molecule has 2 aromatic carbocycles. The van der Waals surface area contributed by atoms with Gasteiger partial charge in [-0.1, -0.05) is 19.9 Å². The van der Waals surface area contributed by atoms with Gasteiger partial charge in [-0.25, -0.2) is 13.2 Å². The second kappa shape index (κ2) is 9.59. The van der Waals surface area contributed by atoms with E-state index in [1.165, 1.54) is 54.9 Å². The van der Waals surface area contributed by atoms with Crippen molar-refractivity contribution < 1.29 is 32.6 Å². The van der Waals surface area contributed by atoms with E-state index >= 15 is 0 Å². The van der Waals surface area contributed by atoms with Crippen LogP contribution in [0.3, 0.4) is 0 Å². The molecule has 9 nitrogen and oxygen atoms in total. The van der Waals surface area contributed by atoms with Gasteiger partial charge in [0.2, 0.25) is 10.0 Å². The highest BCUT2D eigenvalue weighted by Gasteiger charge is 2.27. The molecule has 0 bridgehead atoms. The molecule has 2 aromatic rings. The minimum absolute atomic E-state index is 0.0214. The number of amides is 1. The van der Waals surface area contributed by atoms with E-state index in [4.69, 9.17) is 4.74 Å². The summed E-state index contributed by atoms with van der Waals surface area (Å²) >= 11 is 0. The van der Waals surface area contributed by atoms with E-state index in [2.05, 4.69) is 10.1 Å². The summed E-state index contributed by atoms with van der Waals surface area (Å²) in [6.07, 6.45) is 0. The molecule has 0 saturated heterocycles. The normalized spacial score (nSPS) is 11.2. The van der Waals surface area contributed by atoms with Crippen molar-refractivity contribution >= 4 is 27.6 Å². The predicted octanol–water partition coefficient (Wildman–Crippen LogP) is 2.47. The van der Waals surface area contributed by atoms with Gasteiger partial charge in [-0.15, -0.1) is 0 Å². The maximum Gasteiger partial charge on any atom is 0.341 e. The lowest BCUT2D eigenvalue weighted by molar-refractivity contribution is 0.0597. The number of carbonyl (C=O) groups excluding carboxylic acids is 2. The number of rotatable bonds is 8. The zero-order chi connectivity index (χ0) is 22.5. The number of sulfonamides is 1. The van der Waals surface area contributed by atoms with Gasteiger partial charge in [0.1, 0.15) is 16.2 Å². The zero-order valence-corrected chi connectivity index (χ0v) is 17.9. The standard InChI is InChI=1S/C20H24N2O7S/c1-5-22(6-2)30(26,27)17-12-13(10-11-16(17)28-3)19(24)21-15-9-7-8-14(18(15)23)20(25)29-4/h7-12,23H,5-6H2,1-4H3,(H,21,24). The number of esters is 1. The largest absolute Gasteiger partial charge is 0.505 e. The Morgan fingerprint density at radius 1 is 1.10 bits per heavy atom. The summed E-state index contributed by atoms with van der Waals surface area (Å²) in [4.78, 5) is 24.3. The maximum atomic E-state index is 12.9. The molecular formula is C20H24N2O7S. The molecule has 0 heterocycles. The quantitative estimate of drug-likeness (QED) is 0.481. The average molecular weight is 436 g/mol. The summed E-state index contributed by atoms with van der Waals surface area (Å²) in [6, 6.07) is 8.21. The highest BCUT2D eigenvalue weighted by molar-refractivity contribution is 7.89. The zero-order valence-electron chi connectivity index (χ0n) is 17.1. The molecule has 0 fully saturated rings. The summed E-state index contributed by atoms with van der Waals surface area (Å²) in [5.41, 5.74) is -0.105. The van der Waals surface area contributed by atoms with Crippen molar-refractivity contribution in [3.05, 3.63) is 47.5 Å². The summed E-state index contributed by atoms with van der Waals surface area (Å²) < 4.78 is 36.9. The lowest BCUT2D eigenvalue weighted by Crippen LogP contribution is -2.31. The number of methoxy groups -OCH3 is 2. The van der Waals surface area contributed by atoms with Gasteiger partial charge in [0, 0.05) is 18.7 Å². The van der Waals surface area contributed by atoms with E-state index < -0.39 is 27.6 Å². The number of carbonyl (C=O) groups is 2. The highest BCUT2D eigenvalue weighted by Crippen LogP contribution is 2.30. The van der Waals surface area contributed by atoms with Gasteiger partial charge in [-0.3, -0.25) is 4.79 Å². The third kappa shape index (κ3) is 4.55. The maximum absolute atomic E-state index is 12.9. The Morgan fingerprint density at radius 3 is 2.33 bits per heavy atom. The summed E-state index contributed by atoms with van der Waals surface area (Å²) in [5.74, 6) is -1.79. The number of hydrogen-bond donors (Lipinski definition) is 2. The molecule has 162 valence electrons. The molecule has 0 spiro atoms. The fourth-order valence-corrected chi connectivity index (χ4v) is 4.48. The van der Waals surface area contributed by atoms with Gasteiger partial charge < -0.3 is 19.9 Å². The van der Waals surface area contributed by atoms with E-state index in [0.29, 0.717) is 0 Å². The van der Waals surface area contributed by atoms with Gasteiger partial charge >= 0.3 is 5.97 Å². The molecule has 0 radical (unpaired) electrons. The van der Waals surface area contributed by atoms with Crippen LogP contribution in [-0.4, -0.2) is 57.0 Å². The molecule has 10 heteroatoms. The van der Waals surface area contributed by atoms with Gasteiger partial charge in [0.05, 0.1) is 19.9 Å². The van der Waals surface area contributed by atoms with E-state index in [1.807, 2.05) is 0 Å². The van der Waals surface area contributed by atoms with Crippen molar-refractivity contribution in [1.82, 2.24) is 4.31 Å². The molecular weight excluding hydrogens is 412 g/mol. The molecule has 0 unspecified atom stereocenters. The number of phenolic OH excluding ortho intramolecular Hbond substituents is 1. The van der Waals surface area contributed by atoms with Crippen LogP contribution in [0.4, 0.5) is 5.69 Å². The number of phenols is 1. The van der Waals surface area contributed by atoms with Gasteiger partial charge in [0.25, 0.3) is 5.91 Å². The molecule has 0 saturated carbocycles. The Balaban J connectivity index is 2.44. The van der Waals surface area contributed by atoms with Crippen molar-refractivity contribution in [2.75, 3.05) is 32.6 Å². The van der Waals surface area contributed by atoms with Crippen LogP contribution in [0.25, 0.3) is 0 Å². The Kier molecular flexibility index (Phi) is 7.41. The molecule has 0 aliphatic heterocycles.